The van der Waals surface area contributed by atoms with E-state index in [1.807, 2.05) is 0 Å². The average molecular weight is 324 g/mol. The molecule has 0 spiro atoms. The Morgan fingerprint density at radius 1 is 1.42 bits per heavy atom. The van der Waals surface area contributed by atoms with Crippen molar-refractivity contribution in [3.8, 4) is 5.75 Å². The third-order valence-electron chi connectivity index (χ3n) is 2.65. The van der Waals surface area contributed by atoms with Gasteiger partial charge in [-0.2, -0.15) is 0 Å². The second kappa shape index (κ2) is 5.93. The first-order chi connectivity index (χ1) is 9.11. The third kappa shape index (κ3) is 3.17. The Morgan fingerprint density at radius 3 is 2.84 bits per heavy atom. The molecular weight excluding hydrogens is 313 g/mol. The van der Waals surface area contributed by atoms with Gasteiger partial charge in [0.05, 0.1) is 23.3 Å². The van der Waals surface area contributed by atoms with Crippen LogP contribution in [-0.2, 0) is 6.42 Å². The summed E-state index contributed by atoms with van der Waals surface area (Å²) in [7, 11) is 1.57. The minimum atomic E-state index is -0.597. The molecule has 0 unspecified atom stereocenters. The first-order valence-corrected chi connectivity index (χ1v) is 6.36. The minimum Gasteiger partial charge on any atom is -0.496 e. The number of carbonyl (C=O) groups excluding carboxylic acids is 1. The molecule has 5 heteroatoms. The molecule has 0 radical (unpaired) electrons. The number of aromatic nitrogens is 1. The molecule has 0 saturated heterocycles. The highest BCUT2D eigenvalue weighted by Gasteiger charge is 2.12. The Kier molecular flexibility index (Phi) is 4.27. The highest BCUT2D eigenvalue weighted by atomic mass is 79.9. The largest absolute Gasteiger partial charge is 0.496 e. The zero-order valence-electron chi connectivity index (χ0n) is 10.2. The summed E-state index contributed by atoms with van der Waals surface area (Å²) in [5.74, 6) is -0.191. The van der Waals surface area contributed by atoms with E-state index in [1.165, 1.54) is 12.3 Å². The number of methoxy groups -OCH3 is 1. The van der Waals surface area contributed by atoms with E-state index in [2.05, 4.69) is 20.9 Å². The van der Waals surface area contributed by atoms with Gasteiger partial charge in [0.25, 0.3) is 0 Å². The fourth-order valence-electron chi connectivity index (χ4n) is 1.70. The molecule has 0 N–H and O–H groups in total. The lowest BCUT2D eigenvalue weighted by atomic mass is 10.0. The summed E-state index contributed by atoms with van der Waals surface area (Å²) in [6, 6.07) is 6.71. The number of ether oxygens (including phenoxy) is 1. The van der Waals surface area contributed by atoms with Gasteiger partial charge in [0.1, 0.15) is 5.75 Å². The van der Waals surface area contributed by atoms with Crippen molar-refractivity contribution in [1.29, 1.82) is 0 Å². The summed E-state index contributed by atoms with van der Waals surface area (Å²) in [4.78, 5) is 15.6. The summed E-state index contributed by atoms with van der Waals surface area (Å²) >= 11 is 3.35. The lowest BCUT2D eigenvalue weighted by Gasteiger charge is -2.06. The number of halogens is 2. The second-order valence-corrected chi connectivity index (χ2v) is 4.78. The van der Waals surface area contributed by atoms with Crippen LogP contribution in [0.4, 0.5) is 4.39 Å². The van der Waals surface area contributed by atoms with Gasteiger partial charge in [-0.25, -0.2) is 4.39 Å². The van der Waals surface area contributed by atoms with Crippen molar-refractivity contribution < 1.29 is 13.9 Å². The van der Waals surface area contributed by atoms with Crippen LogP contribution in [0.15, 0.2) is 41.1 Å². The number of carbonyl (C=O) groups is 1. The molecule has 3 nitrogen and oxygen atoms in total. The zero-order chi connectivity index (χ0) is 13.8. The van der Waals surface area contributed by atoms with Crippen molar-refractivity contribution in [2.75, 3.05) is 7.11 Å². The van der Waals surface area contributed by atoms with Gasteiger partial charge in [-0.1, -0.05) is 6.07 Å². The normalized spacial score (nSPS) is 10.3. The average Bonchev–Trinajstić information content (AvgIpc) is 2.39. The number of hydrogen-bond donors (Lipinski definition) is 0. The van der Waals surface area contributed by atoms with Gasteiger partial charge in [-0.05, 0) is 39.7 Å². The van der Waals surface area contributed by atoms with E-state index in [0.29, 0.717) is 5.75 Å². The van der Waals surface area contributed by atoms with Gasteiger partial charge < -0.3 is 4.74 Å². The lowest BCUT2D eigenvalue weighted by molar-refractivity contribution is 0.0989. The molecule has 0 atom stereocenters. The number of benzene rings is 1. The van der Waals surface area contributed by atoms with Crippen molar-refractivity contribution in [2.24, 2.45) is 0 Å². The standard InChI is InChI=1S/C14H11BrFNO2/c1-19-14-3-2-9(6-11(14)15)7-13(18)10-4-5-17-8-12(10)16/h2-6,8H,7H2,1H3. The lowest BCUT2D eigenvalue weighted by Crippen LogP contribution is -2.06. The third-order valence-corrected chi connectivity index (χ3v) is 3.27. The topological polar surface area (TPSA) is 39.2 Å². The van der Waals surface area contributed by atoms with E-state index in [4.69, 9.17) is 4.74 Å². The van der Waals surface area contributed by atoms with E-state index in [9.17, 15) is 9.18 Å². The summed E-state index contributed by atoms with van der Waals surface area (Å²) < 4.78 is 19.3. The van der Waals surface area contributed by atoms with Crippen LogP contribution < -0.4 is 4.74 Å². The van der Waals surface area contributed by atoms with Crippen LogP contribution in [0, 0.1) is 5.82 Å². The number of pyridine rings is 1. The highest BCUT2D eigenvalue weighted by molar-refractivity contribution is 9.10. The molecule has 0 fully saturated rings. The SMILES string of the molecule is COc1ccc(CC(=O)c2ccncc2F)cc1Br. The molecule has 0 aliphatic rings. The summed E-state index contributed by atoms with van der Waals surface area (Å²) in [5, 5.41) is 0. The van der Waals surface area contributed by atoms with E-state index in [-0.39, 0.29) is 17.8 Å². The Hall–Kier alpha value is -1.75. The number of hydrogen-bond acceptors (Lipinski definition) is 3. The smallest absolute Gasteiger partial charge is 0.170 e. The first kappa shape index (κ1) is 13.7. The van der Waals surface area contributed by atoms with Crippen molar-refractivity contribution in [3.05, 3.63) is 58.1 Å². The molecule has 19 heavy (non-hydrogen) atoms. The maximum absolute atomic E-state index is 13.4. The molecule has 1 heterocycles. The van der Waals surface area contributed by atoms with Crippen molar-refractivity contribution in [1.82, 2.24) is 4.98 Å². The summed E-state index contributed by atoms with van der Waals surface area (Å²) in [5.41, 5.74) is 0.843. The molecule has 1 aromatic carbocycles. The van der Waals surface area contributed by atoms with Gasteiger partial charge in [-0.15, -0.1) is 0 Å². The van der Waals surface area contributed by atoms with Crippen molar-refractivity contribution in [3.63, 3.8) is 0 Å². The molecule has 0 aliphatic carbocycles. The minimum absolute atomic E-state index is 0.0574. The van der Waals surface area contributed by atoms with E-state index in [0.717, 1.165) is 16.2 Å². The molecule has 0 saturated carbocycles. The summed E-state index contributed by atoms with van der Waals surface area (Å²) in [6.45, 7) is 0. The number of rotatable bonds is 4. The van der Waals surface area contributed by atoms with Crippen LogP contribution in [0.25, 0.3) is 0 Å². The molecule has 98 valence electrons. The van der Waals surface area contributed by atoms with Crippen LogP contribution in [-0.4, -0.2) is 17.9 Å². The van der Waals surface area contributed by atoms with E-state index >= 15 is 0 Å². The first-order valence-electron chi connectivity index (χ1n) is 5.57. The molecule has 0 amide bonds. The number of ketones is 1. The maximum atomic E-state index is 13.4. The zero-order valence-corrected chi connectivity index (χ0v) is 11.8. The van der Waals surface area contributed by atoms with Gasteiger partial charge in [0.2, 0.25) is 0 Å². The number of nitrogens with zero attached hydrogens (tertiary/aromatic N) is 1. The van der Waals surface area contributed by atoms with Crippen molar-refractivity contribution in [2.45, 2.75) is 6.42 Å². The number of Topliss-reactive ketones (excluding diaryl/α,β-unsaturated/α-hetero) is 1. The quantitative estimate of drug-likeness (QED) is 0.809. The second-order valence-electron chi connectivity index (χ2n) is 3.92. The Morgan fingerprint density at radius 2 is 2.21 bits per heavy atom. The van der Waals surface area contributed by atoms with Gasteiger partial charge in [0, 0.05) is 12.6 Å². The molecule has 0 aliphatic heterocycles. The summed E-state index contributed by atoms with van der Waals surface area (Å²) in [6.07, 6.45) is 2.57. The fraction of sp³-hybridized carbons (Fsp3) is 0.143. The van der Waals surface area contributed by atoms with Gasteiger partial charge in [-0.3, -0.25) is 9.78 Å². The van der Waals surface area contributed by atoms with Crippen molar-refractivity contribution >= 4 is 21.7 Å². The Balaban J connectivity index is 2.20. The molecule has 0 bridgehead atoms. The molecule has 2 aromatic rings. The van der Waals surface area contributed by atoms with Crippen LogP contribution in [0.1, 0.15) is 15.9 Å². The van der Waals surface area contributed by atoms with Crippen LogP contribution in [0.2, 0.25) is 0 Å². The monoisotopic (exact) mass is 323 g/mol. The highest BCUT2D eigenvalue weighted by Crippen LogP contribution is 2.26. The van der Waals surface area contributed by atoms with E-state index < -0.39 is 5.82 Å². The predicted octanol–water partition coefficient (Wildman–Crippen LogP) is 3.42. The molecule has 1 aromatic heterocycles. The van der Waals surface area contributed by atoms with Crippen LogP contribution in [0.3, 0.4) is 0 Å². The Labute approximate surface area is 118 Å². The van der Waals surface area contributed by atoms with Gasteiger partial charge >= 0.3 is 0 Å². The predicted molar refractivity (Wildman–Crippen MR) is 72.9 cm³/mol. The molecular formula is C14H11BrFNO2. The fourth-order valence-corrected chi connectivity index (χ4v) is 2.29. The Bertz CT molecular complexity index is 616. The van der Waals surface area contributed by atoms with Crippen LogP contribution in [0.5, 0.6) is 5.75 Å². The van der Waals surface area contributed by atoms with E-state index in [1.54, 1.807) is 25.3 Å². The van der Waals surface area contributed by atoms with Gasteiger partial charge in [0.15, 0.2) is 11.6 Å². The van der Waals surface area contributed by atoms with Crippen LogP contribution >= 0.6 is 15.9 Å². The maximum Gasteiger partial charge on any atom is 0.170 e. The molecule has 2 rings (SSSR count).